The summed E-state index contributed by atoms with van der Waals surface area (Å²) in [6, 6.07) is 2.09. The van der Waals surface area contributed by atoms with E-state index in [1.807, 2.05) is 0 Å². The molecule has 37 heavy (non-hydrogen) atoms. The van der Waals surface area contributed by atoms with E-state index in [2.05, 4.69) is 44.7 Å². The van der Waals surface area contributed by atoms with Crippen molar-refractivity contribution in [2.45, 2.75) is 38.6 Å². The number of amides is 4. The van der Waals surface area contributed by atoms with Crippen molar-refractivity contribution in [2.24, 2.45) is 11.5 Å². The van der Waals surface area contributed by atoms with Crippen molar-refractivity contribution >= 4 is 23.5 Å². The number of hydrogen-bond donors (Lipinski definition) is 7. The Kier molecular flexibility index (Phi) is 12.9. The van der Waals surface area contributed by atoms with E-state index in [1.165, 1.54) is 13.8 Å². The Bertz CT molecular complexity index is 1050. The van der Waals surface area contributed by atoms with Gasteiger partial charge in [-0.05, 0) is 19.1 Å². The summed E-state index contributed by atoms with van der Waals surface area (Å²) >= 11 is 0. The Morgan fingerprint density at radius 1 is 1.19 bits per heavy atom. The minimum absolute atomic E-state index is 0.0587. The average molecular weight is 522 g/mol. The van der Waals surface area contributed by atoms with Crippen LogP contribution in [0.2, 0.25) is 0 Å². The maximum Gasteiger partial charge on any atom is 0.315 e. The Morgan fingerprint density at radius 2 is 1.81 bits per heavy atom. The molecule has 0 radical (unpaired) electrons. The normalized spacial score (nSPS) is 13.7. The van der Waals surface area contributed by atoms with Crippen LogP contribution in [0, 0.1) is 12.8 Å². The van der Waals surface area contributed by atoms with Gasteiger partial charge in [-0.3, -0.25) is 9.59 Å². The third kappa shape index (κ3) is 10.4. The number of hydrogen-bond acceptors (Lipinski definition) is 11. The third-order valence-electron chi connectivity index (χ3n) is 4.27. The lowest BCUT2D eigenvalue weighted by atomic mass is 10.1. The predicted octanol–water partition coefficient (Wildman–Crippen LogP) is -1.24. The molecule has 0 fully saturated rings. The van der Waals surface area contributed by atoms with Gasteiger partial charge in [0.1, 0.15) is 19.3 Å². The number of nitrogens with zero attached hydrogens (tertiary/aromatic N) is 2. The molecule has 2 aromatic rings. The first-order chi connectivity index (χ1) is 17.6. The van der Waals surface area contributed by atoms with E-state index in [1.54, 1.807) is 18.2 Å². The van der Waals surface area contributed by atoms with E-state index in [9.17, 15) is 19.5 Å². The quantitative estimate of drug-likeness (QED) is 0.203. The largest absolute Gasteiger partial charge is 0.486 e. The predicted molar refractivity (Wildman–Crippen MR) is 130 cm³/mol. The Hall–Kier alpha value is -4.39. The van der Waals surface area contributed by atoms with Crippen LogP contribution in [0.3, 0.4) is 0 Å². The topological polar surface area (TPSA) is 237 Å². The van der Waals surface area contributed by atoms with Crippen molar-refractivity contribution in [3.63, 3.8) is 0 Å². The van der Waals surface area contributed by atoms with E-state index < -0.39 is 30.1 Å². The van der Waals surface area contributed by atoms with Crippen molar-refractivity contribution in [2.75, 3.05) is 25.1 Å². The fourth-order valence-electron chi connectivity index (χ4n) is 2.67. The van der Waals surface area contributed by atoms with Gasteiger partial charge in [0.15, 0.2) is 17.3 Å². The SMILES string of the molecule is C#C.CC(N)=O.CC(O)C(NC(=O)NCc1nc([C@@H](N)CO)no1)C(=O)Nc1ccc2c(c1)OCCO2. The number of aliphatic hydroxyl groups is 2. The molecular weight excluding hydrogens is 490 g/mol. The van der Waals surface area contributed by atoms with Crippen LogP contribution >= 0.6 is 0 Å². The van der Waals surface area contributed by atoms with Gasteiger partial charge in [0.25, 0.3) is 0 Å². The van der Waals surface area contributed by atoms with Crippen molar-refractivity contribution in [1.29, 1.82) is 0 Å². The van der Waals surface area contributed by atoms with Crippen molar-refractivity contribution < 1.29 is 38.6 Å². The molecule has 0 aliphatic carbocycles. The van der Waals surface area contributed by atoms with Gasteiger partial charge in [-0.15, -0.1) is 12.8 Å². The van der Waals surface area contributed by atoms with Crippen molar-refractivity contribution in [3.05, 3.63) is 29.9 Å². The molecule has 0 spiro atoms. The van der Waals surface area contributed by atoms with Crippen molar-refractivity contribution in [3.8, 4) is 24.3 Å². The van der Waals surface area contributed by atoms with Gasteiger partial charge in [-0.25, -0.2) is 4.79 Å². The van der Waals surface area contributed by atoms with Crippen LogP contribution in [0.1, 0.15) is 31.6 Å². The maximum atomic E-state index is 12.6. The summed E-state index contributed by atoms with van der Waals surface area (Å²) in [5.74, 6) is 0.251. The lowest BCUT2D eigenvalue weighted by Crippen LogP contribution is -2.52. The Labute approximate surface area is 212 Å². The number of nitrogens with one attached hydrogen (secondary N) is 3. The van der Waals surface area contributed by atoms with Crippen molar-refractivity contribution in [1.82, 2.24) is 20.8 Å². The van der Waals surface area contributed by atoms with Crippen LogP contribution in [-0.4, -0.2) is 70.2 Å². The number of ether oxygens (including phenoxy) is 2. The number of benzene rings is 1. The summed E-state index contributed by atoms with van der Waals surface area (Å²) in [6.07, 6.45) is 6.82. The molecule has 15 heteroatoms. The number of carbonyl (C=O) groups excluding carboxylic acids is 3. The molecule has 0 saturated carbocycles. The molecule has 15 nitrogen and oxygen atoms in total. The first-order valence-corrected chi connectivity index (χ1v) is 10.8. The summed E-state index contributed by atoms with van der Waals surface area (Å²) < 4.78 is 15.8. The van der Waals surface area contributed by atoms with Crippen LogP contribution < -0.4 is 36.9 Å². The van der Waals surface area contributed by atoms with Gasteiger partial charge < -0.3 is 51.6 Å². The lowest BCUT2D eigenvalue weighted by molar-refractivity contribution is -0.120. The number of aliphatic hydroxyl groups excluding tert-OH is 2. The minimum atomic E-state index is -1.24. The summed E-state index contributed by atoms with van der Waals surface area (Å²) in [4.78, 5) is 37.9. The van der Waals surface area contributed by atoms with Crippen LogP contribution in [0.25, 0.3) is 0 Å². The number of anilines is 1. The van der Waals surface area contributed by atoms with Gasteiger partial charge in [0, 0.05) is 18.7 Å². The first-order valence-electron chi connectivity index (χ1n) is 10.8. The van der Waals surface area contributed by atoms with Gasteiger partial charge in [0.05, 0.1) is 25.3 Å². The summed E-state index contributed by atoms with van der Waals surface area (Å²) in [5.41, 5.74) is 10.5. The monoisotopic (exact) mass is 521 g/mol. The zero-order valence-electron chi connectivity index (χ0n) is 20.3. The number of terminal acetylenes is 1. The highest BCUT2D eigenvalue weighted by Gasteiger charge is 2.26. The van der Waals surface area contributed by atoms with Gasteiger partial charge in [-0.2, -0.15) is 4.98 Å². The second kappa shape index (κ2) is 15.6. The van der Waals surface area contributed by atoms with E-state index in [0.29, 0.717) is 30.4 Å². The highest BCUT2D eigenvalue weighted by molar-refractivity contribution is 5.97. The number of nitrogens with two attached hydrogens (primary N) is 2. The van der Waals surface area contributed by atoms with Gasteiger partial charge >= 0.3 is 6.03 Å². The van der Waals surface area contributed by atoms with E-state index in [4.69, 9.17) is 24.8 Å². The third-order valence-corrected chi connectivity index (χ3v) is 4.27. The van der Waals surface area contributed by atoms with Crippen LogP contribution in [-0.2, 0) is 16.1 Å². The second-order valence-corrected chi connectivity index (χ2v) is 7.34. The number of rotatable bonds is 8. The number of aromatic nitrogens is 2. The van der Waals surface area contributed by atoms with Crippen LogP contribution in [0.4, 0.5) is 10.5 Å². The highest BCUT2D eigenvalue weighted by Crippen LogP contribution is 2.32. The molecular formula is C22H31N7O8. The molecule has 9 N–H and O–H groups in total. The number of urea groups is 1. The van der Waals surface area contributed by atoms with E-state index in [-0.39, 0.29) is 30.8 Å². The van der Waals surface area contributed by atoms with Gasteiger partial charge in [0.2, 0.25) is 17.7 Å². The van der Waals surface area contributed by atoms with Crippen LogP contribution in [0.5, 0.6) is 11.5 Å². The number of carbonyl (C=O) groups is 3. The standard InChI is InChI=1S/C18H24N6O7.C2H5NO.C2H2/c1-9(26)15(17(27)21-10-2-3-12-13(6-10)30-5-4-29-12)23-18(28)20-7-14-22-16(24-31-14)11(19)8-25;1-2(3)4;1-2/h2-3,6,9,11,15,25-26H,4-5,7-8,19H2,1H3,(H,21,27)(H2,20,23,28);1H3,(H2,3,4);1-2H/t9?,11-,15?;;/m0../s1. The van der Waals surface area contributed by atoms with E-state index in [0.717, 1.165) is 0 Å². The smallest absolute Gasteiger partial charge is 0.315 e. The highest BCUT2D eigenvalue weighted by atomic mass is 16.6. The molecule has 4 amide bonds. The molecule has 1 aromatic heterocycles. The molecule has 2 heterocycles. The van der Waals surface area contributed by atoms with Gasteiger partial charge in [-0.1, -0.05) is 5.16 Å². The second-order valence-electron chi connectivity index (χ2n) is 7.34. The Balaban J connectivity index is 0.00000104. The number of fused-ring (bicyclic) bond motifs is 1. The summed E-state index contributed by atoms with van der Waals surface area (Å²) in [5, 5.41) is 30.0. The average Bonchev–Trinajstić information content (AvgIpc) is 3.35. The summed E-state index contributed by atoms with van der Waals surface area (Å²) in [7, 11) is 0. The lowest BCUT2D eigenvalue weighted by Gasteiger charge is -2.22. The first kappa shape index (κ1) is 30.6. The molecule has 2 unspecified atom stereocenters. The zero-order chi connectivity index (χ0) is 28.0. The molecule has 3 atom stereocenters. The summed E-state index contributed by atoms with van der Waals surface area (Å²) in [6.45, 7) is 3.01. The van der Waals surface area contributed by atoms with E-state index >= 15 is 0 Å². The molecule has 1 aliphatic rings. The fraction of sp³-hybridized carbons (Fsp3) is 0.409. The number of primary amides is 1. The molecule has 0 bridgehead atoms. The maximum absolute atomic E-state index is 12.6. The molecule has 3 rings (SSSR count). The zero-order valence-corrected chi connectivity index (χ0v) is 20.3. The van der Waals surface area contributed by atoms with Crippen LogP contribution in [0.15, 0.2) is 22.7 Å². The molecule has 202 valence electrons. The molecule has 1 aromatic carbocycles. The Morgan fingerprint density at radius 3 is 2.41 bits per heavy atom. The molecule has 1 aliphatic heterocycles. The fourth-order valence-corrected chi connectivity index (χ4v) is 2.67. The molecule has 0 saturated heterocycles. The minimum Gasteiger partial charge on any atom is -0.486 e.